The minimum absolute atomic E-state index is 0.600. The summed E-state index contributed by atoms with van der Waals surface area (Å²) in [5.41, 5.74) is 12.0. The second-order valence-electron chi connectivity index (χ2n) is 14.7. The first-order valence-corrected chi connectivity index (χ1v) is 20.2. The quantitative estimate of drug-likeness (QED) is 0.169. The lowest BCUT2D eigenvalue weighted by atomic mass is 9.98. The second-order valence-corrected chi connectivity index (χ2v) is 15.8. The van der Waals surface area contributed by atoms with E-state index in [0.717, 1.165) is 66.8 Å². The van der Waals surface area contributed by atoms with Gasteiger partial charge >= 0.3 is 0 Å². The third kappa shape index (κ3) is 5.32. The molecule has 12 aromatic rings. The largest absolute Gasteiger partial charge is 0.456 e. The Hall–Kier alpha value is -7.47. The molecule has 0 saturated carbocycles. The van der Waals surface area contributed by atoms with Crippen LogP contribution in [0.5, 0.6) is 0 Å². The number of oxazole rings is 1. The molecule has 3 heterocycles. The Morgan fingerprint density at radius 3 is 1.90 bits per heavy atom. The summed E-state index contributed by atoms with van der Waals surface area (Å²) in [4.78, 5) is 7.32. The Morgan fingerprint density at radius 2 is 1.05 bits per heavy atom. The standard InChI is InChI=1S/C53H32N2O2S/c1-2-10-36(11-3-1)53-54-52-48(57-53)29-28-47-51(52)45-31-37(21-27-46(45)56-47)33-17-22-38(23-18-33)55(40-26-30-50-44(32-40)43-14-6-7-16-49(43)58-50)39-24-19-35(20-25-39)42-15-8-12-34-9-4-5-13-41(34)42/h1-32H. The molecule has 0 aliphatic heterocycles. The molecule has 9 aromatic carbocycles. The molecule has 4 nitrogen and oxygen atoms in total. The molecule has 0 aliphatic carbocycles. The van der Waals surface area contributed by atoms with E-state index in [0.29, 0.717) is 5.89 Å². The summed E-state index contributed by atoms with van der Waals surface area (Å²) in [6, 6.07) is 68.9. The fourth-order valence-electron chi connectivity index (χ4n) is 8.51. The number of hydrogen-bond acceptors (Lipinski definition) is 5. The first-order valence-electron chi connectivity index (χ1n) is 19.4. The van der Waals surface area contributed by atoms with Gasteiger partial charge in [-0.05, 0) is 118 Å². The average molecular weight is 761 g/mol. The van der Waals surface area contributed by atoms with Gasteiger partial charge < -0.3 is 13.7 Å². The van der Waals surface area contributed by atoms with Crippen LogP contribution in [0.15, 0.2) is 203 Å². The molecule has 0 unspecified atom stereocenters. The average Bonchev–Trinajstić information content (AvgIpc) is 4.00. The van der Waals surface area contributed by atoms with Gasteiger partial charge in [0.25, 0.3) is 0 Å². The van der Waals surface area contributed by atoms with E-state index < -0.39 is 0 Å². The summed E-state index contributed by atoms with van der Waals surface area (Å²) in [6.45, 7) is 0. The number of rotatable bonds is 6. The smallest absolute Gasteiger partial charge is 0.227 e. The number of furan rings is 1. The molecule has 0 saturated heterocycles. The first kappa shape index (κ1) is 32.7. The van der Waals surface area contributed by atoms with Gasteiger partial charge in [-0.25, -0.2) is 4.98 Å². The van der Waals surface area contributed by atoms with E-state index in [9.17, 15) is 0 Å². The fourth-order valence-corrected chi connectivity index (χ4v) is 9.59. The van der Waals surface area contributed by atoms with Crippen LogP contribution < -0.4 is 4.90 Å². The molecule has 272 valence electrons. The Bertz CT molecular complexity index is 3500. The first-order chi connectivity index (χ1) is 28.7. The van der Waals surface area contributed by atoms with Gasteiger partial charge in [0.2, 0.25) is 5.89 Å². The number of fused-ring (bicyclic) bond motifs is 9. The maximum Gasteiger partial charge on any atom is 0.227 e. The van der Waals surface area contributed by atoms with Crippen molar-refractivity contribution in [2.24, 2.45) is 0 Å². The summed E-state index contributed by atoms with van der Waals surface area (Å²) in [5, 5.41) is 7.03. The zero-order valence-corrected chi connectivity index (χ0v) is 31.9. The SMILES string of the molecule is c1ccc(-c2nc3c(ccc4oc5ccc(-c6ccc(N(c7ccc(-c8cccc9ccccc89)cc7)c7ccc8sc9ccccc9c8c7)cc6)cc5c43)o2)cc1. The molecule has 0 spiro atoms. The third-order valence-electron chi connectivity index (χ3n) is 11.3. The van der Waals surface area contributed by atoms with Crippen molar-refractivity contribution in [3.63, 3.8) is 0 Å². The van der Waals surface area contributed by atoms with E-state index >= 15 is 0 Å². The van der Waals surface area contributed by atoms with Gasteiger partial charge in [0.05, 0.1) is 5.39 Å². The van der Waals surface area contributed by atoms with E-state index in [1.54, 1.807) is 0 Å². The fraction of sp³-hybridized carbons (Fsp3) is 0. The molecule has 0 amide bonds. The molecule has 0 radical (unpaired) electrons. The molecule has 0 aliphatic rings. The number of benzene rings is 9. The highest BCUT2D eigenvalue weighted by Gasteiger charge is 2.19. The van der Waals surface area contributed by atoms with Gasteiger partial charge in [0.1, 0.15) is 16.7 Å². The van der Waals surface area contributed by atoms with Gasteiger partial charge in [-0.15, -0.1) is 11.3 Å². The predicted molar refractivity (Wildman–Crippen MR) is 243 cm³/mol. The molecule has 12 rings (SSSR count). The van der Waals surface area contributed by atoms with Crippen LogP contribution in [0, 0.1) is 0 Å². The molecule has 0 atom stereocenters. The monoisotopic (exact) mass is 760 g/mol. The Kier molecular flexibility index (Phi) is 7.37. The van der Waals surface area contributed by atoms with Crippen LogP contribution >= 0.6 is 11.3 Å². The number of anilines is 3. The molecule has 5 heteroatoms. The van der Waals surface area contributed by atoms with Crippen LogP contribution in [0.1, 0.15) is 0 Å². The lowest BCUT2D eigenvalue weighted by Gasteiger charge is -2.26. The van der Waals surface area contributed by atoms with Crippen LogP contribution in [-0.4, -0.2) is 4.98 Å². The van der Waals surface area contributed by atoms with E-state index in [4.69, 9.17) is 13.8 Å². The molecular weight excluding hydrogens is 729 g/mol. The summed E-state index contributed by atoms with van der Waals surface area (Å²) in [7, 11) is 0. The molecular formula is C53H32N2O2S. The number of thiophene rings is 1. The number of nitrogens with zero attached hydrogens (tertiary/aromatic N) is 2. The predicted octanol–water partition coefficient (Wildman–Crippen LogP) is 15.7. The van der Waals surface area contributed by atoms with Crippen molar-refractivity contribution < 1.29 is 8.83 Å². The van der Waals surface area contributed by atoms with E-state index in [2.05, 4.69) is 157 Å². The van der Waals surface area contributed by atoms with Crippen LogP contribution in [0.3, 0.4) is 0 Å². The summed E-state index contributed by atoms with van der Waals surface area (Å²) in [6.07, 6.45) is 0. The van der Waals surface area contributed by atoms with Crippen molar-refractivity contribution in [1.82, 2.24) is 4.98 Å². The molecule has 0 bridgehead atoms. The summed E-state index contributed by atoms with van der Waals surface area (Å²) in [5.74, 6) is 0.600. The Morgan fingerprint density at radius 1 is 0.397 bits per heavy atom. The van der Waals surface area contributed by atoms with E-state index in [1.807, 2.05) is 53.8 Å². The summed E-state index contributed by atoms with van der Waals surface area (Å²) < 4.78 is 15.2. The van der Waals surface area contributed by atoms with Crippen molar-refractivity contribution in [3.05, 3.63) is 194 Å². The molecule has 0 fully saturated rings. The topological polar surface area (TPSA) is 42.4 Å². The van der Waals surface area contributed by atoms with Crippen molar-refractivity contribution in [2.75, 3.05) is 4.90 Å². The third-order valence-corrected chi connectivity index (χ3v) is 12.5. The van der Waals surface area contributed by atoms with Gasteiger partial charge in [-0.1, -0.05) is 109 Å². The van der Waals surface area contributed by atoms with Crippen LogP contribution in [-0.2, 0) is 0 Å². The van der Waals surface area contributed by atoms with Crippen molar-refractivity contribution in [3.8, 4) is 33.7 Å². The highest BCUT2D eigenvalue weighted by atomic mass is 32.1. The van der Waals surface area contributed by atoms with Gasteiger partial charge in [0, 0.05) is 48.2 Å². The molecule has 3 aromatic heterocycles. The number of hydrogen-bond donors (Lipinski definition) is 0. The van der Waals surface area contributed by atoms with Crippen molar-refractivity contribution in [2.45, 2.75) is 0 Å². The van der Waals surface area contributed by atoms with E-state index in [-0.39, 0.29) is 0 Å². The maximum absolute atomic E-state index is 6.34. The van der Waals surface area contributed by atoms with Crippen LogP contribution in [0.4, 0.5) is 17.1 Å². The van der Waals surface area contributed by atoms with Gasteiger partial charge in [0.15, 0.2) is 5.58 Å². The normalized spacial score (nSPS) is 11.8. The van der Waals surface area contributed by atoms with Gasteiger partial charge in [-0.3, -0.25) is 0 Å². The molecule has 0 N–H and O–H groups in total. The zero-order valence-electron chi connectivity index (χ0n) is 31.1. The van der Waals surface area contributed by atoms with Crippen LogP contribution in [0.25, 0.3) is 97.7 Å². The van der Waals surface area contributed by atoms with E-state index in [1.165, 1.54) is 42.1 Å². The Balaban J connectivity index is 0.957. The van der Waals surface area contributed by atoms with Crippen molar-refractivity contribution in [1.29, 1.82) is 0 Å². The minimum Gasteiger partial charge on any atom is -0.456 e. The Labute approximate surface area is 337 Å². The lowest BCUT2D eigenvalue weighted by Crippen LogP contribution is -2.09. The summed E-state index contributed by atoms with van der Waals surface area (Å²) >= 11 is 1.84. The minimum atomic E-state index is 0.600. The van der Waals surface area contributed by atoms with Gasteiger partial charge in [-0.2, -0.15) is 0 Å². The molecule has 58 heavy (non-hydrogen) atoms. The highest BCUT2D eigenvalue weighted by Crippen LogP contribution is 2.43. The van der Waals surface area contributed by atoms with Crippen molar-refractivity contribution >= 4 is 92.4 Å². The highest BCUT2D eigenvalue weighted by molar-refractivity contribution is 7.25. The lowest BCUT2D eigenvalue weighted by molar-refractivity contribution is 0.619. The maximum atomic E-state index is 6.34. The second kappa shape index (κ2) is 13.1. The zero-order chi connectivity index (χ0) is 38.2. The van der Waals surface area contributed by atoms with Crippen LogP contribution in [0.2, 0.25) is 0 Å². The number of aromatic nitrogens is 1.